The van der Waals surface area contributed by atoms with Crippen LogP contribution in [-0.4, -0.2) is 35.2 Å². The van der Waals surface area contributed by atoms with Crippen LogP contribution < -0.4 is 4.74 Å². The molecular formula is C13H14BrNO3. The van der Waals surface area contributed by atoms with Crippen LogP contribution >= 0.6 is 15.9 Å². The molecule has 2 rings (SSSR count). The van der Waals surface area contributed by atoms with Crippen LogP contribution in [0.25, 0.3) is 0 Å². The summed E-state index contributed by atoms with van der Waals surface area (Å²) in [6, 6.07) is 7.08. The lowest BCUT2D eigenvalue weighted by molar-refractivity contribution is -0.120. The standard InChI is InChI=1S/C13H14BrNO3/c14-9-18-12-3-1-2-10(8-12)13(17)15-6-4-11(16)5-7-15/h1-3,8H,4-7,9H2. The van der Waals surface area contributed by atoms with E-state index in [4.69, 9.17) is 4.74 Å². The van der Waals surface area contributed by atoms with E-state index in [-0.39, 0.29) is 11.7 Å². The number of ketones is 1. The number of ether oxygens (including phenoxy) is 1. The Kier molecular flexibility index (Phi) is 4.36. The predicted octanol–water partition coefficient (Wildman–Crippen LogP) is 2.22. The molecule has 0 radical (unpaired) electrons. The second-order valence-corrected chi connectivity index (χ2v) is 4.57. The van der Waals surface area contributed by atoms with Crippen molar-refractivity contribution >= 4 is 27.6 Å². The monoisotopic (exact) mass is 311 g/mol. The van der Waals surface area contributed by atoms with Crippen LogP contribution in [0.5, 0.6) is 5.75 Å². The maximum atomic E-state index is 12.2. The molecule has 18 heavy (non-hydrogen) atoms. The molecule has 0 saturated carbocycles. The van der Waals surface area contributed by atoms with Crippen LogP contribution in [0.4, 0.5) is 0 Å². The lowest BCUT2D eigenvalue weighted by atomic mass is 10.1. The Morgan fingerprint density at radius 2 is 2.06 bits per heavy atom. The van der Waals surface area contributed by atoms with Crippen molar-refractivity contribution in [1.29, 1.82) is 0 Å². The molecule has 0 atom stereocenters. The quantitative estimate of drug-likeness (QED) is 0.804. The van der Waals surface area contributed by atoms with E-state index in [2.05, 4.69) is 15.9 Å². The molecule has 0 bridgehead atoms. The van der Waals surface area contributed by atoms with Crippen molar-refractivity contribution in [2.45, 2.75) is 12.8 Å². The third kappa shape index (κ3) is 3.10. The summed E-state index contributed by atoms with van der Waals surface area (Å²) < 4.78 is 5.29. The highest BCUT2D eigenvalue weighted by molar-refractivity contribution is 9.09. The minimum atomic E-state index is -0.0393. The van der Waals surface area contributed by atoms with E-state index in [1.54, 1.807) is 29.2 Å². The summed E-state index contributed by atoms with van der Waals surface area (Å²) in [5.74, 6) is 0.851. The molecule has 1 saturated heterocycles. The normalized spacial score (nSPS) is 15.6. The molecule has 1 aromatic carbocycles. The molecule has 1 heterocycles. The zero-order valence-electron chi connectivity index (χ0n) is 9.89. The molecule has 1 amide bonds. The summed E-state index contributed by atoms with van der Waals surface area (Å²) >= 11 is 3.18. The molecule has 1 aliphatic rings. The minimum absolute atomic E-state index is 0.0393. The molecule has 1 aromatic rings. The molecule has 1 fully saturated rings. The smallest absolute Gasteiger partial charge is 0.254 e. The van der Waals surface area contributed by atoms with Crippen LogP contribution in [0.15, 0.2) is 24.3 Å². The van der Waals surface area contributed by atoms with Crippen LogP contribution in [0.2, 0.25) is 0 Å². The first-order chi connectivity index (χ1) is 8.70. The average molecular weight is 312 g/mol. The van der Waals surface area contributed by atoms with Crippen molar-refractivity contribution in [3.8, 4) is 5.75 Å². The molecular weight excluding hydrogens is 298 g/mol. The zero-order chi connectivity index (χ0) is 13.0. The maximum absolute atomic E-state index is 12.2. The highest BCUT2D eigenvalue weighted by Gasteiger charge is 2.21. The van der Waals surface area contributed by atoms with Crippen LogP contribution in [-0.2, 0) is 4.79 Å². The Morgan fingerprint density at radius 3 is 2.72 bits per heavy atom. The highest BCUT2D eigenvalue weighted by atomic mass is 79.9. The average Bonchev–Trinajstić information content (AvgIpc) is 2.39. The number of hydrogen-bond acceptors (Lipinski definition) is 3. The first-order valence-corrected chi connectivity index (χ1v) is 6.92. The van der Waals surface area contributed by atoms with Crippen LogP contribution in [0, 0.1) is 0 Å². The zero-order valence-corrected chi connectivity index (χ0v) is 11.5. The molecule has 0 aliphatic carbocycles. The van der Waals surface area contributed by atoms with Gasteiger partial charge in [-0.1, -0.05) is 6.07 Å². The predicted molar refractivity (Wildman–Crippen MR) is 71.0 cm³/mol. The summed E-state index contributed by atoms with van der Waals surface area (Å²) in [6.45, 7) is 1.03. The number of carbonyl (C=O) groups excluding carboxylic acids is 2. The van der Waals surface area contributed by atoms with E-state index in [9.17, 15) is 9.59 Å². The van der Waals surface area contributed by atoms with Gasteiger partial charge in [0.1, 0.15) is 17.0 Å². The molecule has 4 nitrogen and oxygen atoms in total. The Morgan fingerprint density at radius 1 is 1.33 bits per heavy atom. The van der Waals surface area contributed by atoms with Crippen molar-refractivity contribution < 1.29 is 14.3 Å². The number of hydrogen-bond donors (Lipinski definition) is 0. The fourth-order valence-electron chi connectivity index (χ4n) is 1.92. The second-order valence-electron chi connectivity index (χ2n) is 4.11. The number of amides is 1. The fraction of sp³-hybridized carbons (Fsp3) is 0.385. The first-order valence-electron chi connectivity index (χ1n) is 5.80. The van der Waals surface area contributed by atoms with Gasteiger partial charge >= 0.3 is 0 Å². The summed E-state index contributed by atoms with van der Waals surface area (Å²) in [5.41, 5.74) is 0.992. The van der Waals surface area contributed by atoms with E-state index in [1.165, 1.54) is 0 Å². The number of likely N-dealkylation sites (tertiary alicyclic amines) is 1. The number of carbonyl (C=O) groups is 2. The lowest BCUT2D eigenvalue weighted by Gasteiger charge is -2.26. The molecule has 5 heteroatoms. The Labute approximate surface area is 114 Å². The summed E-state index contributed by atoms with van der Waals surface area (Å²) in [5, 5.41) is 0. The van der Waals surface area contributed by atoms with Gasteiger partial charge in [-0.05, 0) is 34.1 Å². The van der Waals surface area contributed by atoms with Crippen LogP contribution in [0.1, 0.15) is 23.2 Å². The van der Waals surface area contributed by atoms with Gasteiger partial charge < -0.3 is 9.64 Å². The van der Waals surface area contributed by atoms with E-state index in [0.717, 1.165) is 0 Å². The molecule has 0 unspecified atom stereocenters. The van der Waals surface area contributed by atoms with E-state index in [1.807, 2.05) is 0 Å². The minimum Gasteiger partial charge on any atom is -0.482 e. The first kappa shape index (κ1) is 13.1. The number of piperidine rings is 1. The van der Waals surface area contributed by atoms with Gasteiger partial charge in [-0.2, -0.15) is 0 Å². The van der Waals surface area contributed by atoms with Gasteiger partial charge in [-0.25, -0.2) is 0 Å². The SMILES string of the molecule is O=C1CCN(C(=O)c2cccc(OCBr)c2)CC1. The van der Waals surface area contributed by atoms with E-state index < -0.39 is 0 Å². The third-order valence-electron chi connectivity index (χ3n) is 2.91. The van der Waals surface area contributed by atoms with Gasteiger partial charge in [0.15, 0.2) is 0 Å². The third-order valence-corrected chi connectivity index (χ3v) is 3.14. The topological polar surface area (TPSA) is 46.6 Å². The van der Waals surface area contributed by atoms with Gasteiger partial charge in [0.25, 0.3) is 5.91 Å². The largest absolute Gasteiger partial charge is 0.482 e. The lowest BCUT2D eigenvalue weighted by Crippen LogP contribution is -2.38. The Balaban J connectivity index is 2.08. The van der Waals surface area contributed by atoms with Crippen molar-refractivity contribution in [2.24, 2.45) is 0 Å². The second kappa shape index (κ2) is 6.00. The Bertz CT molecular complexity index is 451. The van der Waals surface area contributed by atoms with Crippen molar-refractivity contribution in [3.05, 3.63) is 29.8 Å². The number of Topliss-reactive ketones (excluding diaryl/α,β-unsaturated/α-hetero) is 1. The highest BCUT2D eigenvalue weighted by Crippen LogP contribution is 2.17. The summed E-state index contributed by atoms with van der Waals surface area (Å²) in [7, 11) is 0. The van der Waals surface area contributed by atoms with Crippen LogP contribution in [0.3, 0.4) is 0 Å². The maximum Gasteiger partial charge on any atom is 0.254 e. The number of halogens is 1. The molecule has 0 aromatic heterocycles. The van der Waals surface area contributed by atoms with Crippen molar-refractivity contribution in [1.82, 2.24) is 4.90 Å². The number of benzene rings is 1. The van der Waals surface area contributed by atoms with Gasteiger partial charge in [0, 0.05) is 31.5 Å². The number of rotatable bonds is 3. The molecule has 1 aliphatic heterocycles. The van der Waals surface area contributed by atoms with Gasteiger partial charge in [-0.15, -0.1) is 0 Å². The number of alkyl halides is 1. The van der Waals surface area contributed by atoms with Gasteiger partial charge in [-0.3, -0.25) is 9.59 Å². The van der Waals surface area contributed by atoms with E-state index in [0.29, 0.717) is 42.8 Å². The fourth-order valence-corrected chi connectivity index (χ4v) is 2.19. The van der Waals surface area contributed by atoms with Crippen molar-refractivity contribution in [2.75, 3.05) is 18.6 Å². The molecule has 0 N–H and O–H groups in total. The molecule has 96 valence electrons. The number of nitrogens with zero attached hydrogens (tertiary/aromatic N) is 1. The Hall–Kier alpha value is -1.36. The van der Waals surface area contributed by atoms with Crippen molar-refractivity contribution in [3.63, 3.8) is 0 Å². The summed E-state index contributed by atoms with van der Waals surface area (Å²) in [6.07, 6.45) is 0.923. The molecule has 0 spiro atoms. The van der Waals surface area contributed by atoms with Gasteiger partial charge in [0.05, 0.1) is 0 Å². The van der Waals surface area contributed by atoms with Gasteiger partial charge in [0.2, 0.25) is 0 Å². The summed E-state index contributed by atoms with van der Waals surface area (Å²) in [4.78, 5) is 25.1. The van der Waals surface area contributed by atoms with E-state index >= 15 is 0 Å².